The zero-order valence-electron chi connectivity index (χ0n) is 10.6. The molecule has 1 unspecified atom stereocenters. The lowest BCUT2D eigenvalue weighted by Crippen LogP contribution is -2.39. The van der Waals surface area contributed by atoms with Crippen LogP contribution in [0.1, 0.15) is 18.4 Å². The number of rotatable bonds is 6. The lowest BCUT2D eigenvalue weighted by atomic mass is 10.1. The van der Waals surface area contributed by atoms with Crippen molar-refractivity contribution in [3.63, 3.8) is 0 Å². The smallest absolute Gasteiger partial charge is 0.212 e. The molecule has 1 atom stereocenters. The van der Waals surface area contributed by atoms with Gasteiger partial charge in [0.1, 0.15) is 0 Å². The number of hydrogen-bond acceptors (Lipinski definition) is 4. The minimum absolute atomic E-state index is 0.511. The molecule has 2 rings (SSSR count). The van der Waals surface area contributed by atoms with Crippen molar-refractivity contribution in [1.29, 1.82) is 0 Å². The second-order valence-electron chi connectivity index (χ2n) is 4.76. The Labute approximate surface area is 103 Å². The molecule has 1 heterocycles. The van der Waals surface area contributed by atoms with Gasteiger partial charge in [0.15, 0.2) is 0 Å². The van der Waals surface area contributed by atoms with Crippen LogP contribution >= 0.6 is 0 Å². The summed E-state index contributed by atoms with van der Waals surface area (Å²) in [4.78, 5) is 6.55. The summed E-state index contributed by atoms with van der Waals surface area (Å²) in [5.41, 5.74) is 7.04. The Bertz CT molecular complexity index is 348. The van der Waals surface area contributed by atoms with Crippen molar-refractivity contribution in [3.05, 3.63) is 23.9 Å². The van der Waals surface area contributed by atoms with Crippen LogP contribution in [-0.2, 0) is 6.54 Å². The standard InChI is InChI=1S/C13H21N3O/c1-16(12(7-14)11-4-5-11)9-10-3-6-13(17-2)15-8-10/h3,6,8,11-12H,4-5,7,9,14H2,1-2H3. The average molecular weight is 235 g/mol. The summed E-state index contributed by atoms with van der Waals surface area (Å²) in [6.45, 7) is 1.64. The molecular formula is C13H21N3O. The topological polar surface area (TPSA) is 51.4 Å². The second-order valence-corrected chi connectivity index (χ2v) is 4.76. The van der Waals surface area contributed by atoms with Gasteiger partial charge in [-0.25, -0.2) is 4.98 Å². The van der Waals surface area contributed by atoms with Crippen LogP contribution in [0.5, 0.6) is 5.88 Å². The molecule has 1 saturated carbocycles. The van der Waals surface area contributed by atoms with Crippen molar-refractivity contribution in [2.45, 2.75) is 25.4 Å². The van der Waals surface area contributed by atoms with E-state index in [1.165, 1.54) is 18.4 Å². The van der Waals surface area contributed by atoms with Crippen LogP contribution in [0.4, 0.5) is 0 Å². The van der Waals surface area contributed by atoms with Crippen LogP contribution < -0.4 is 10.5 Å². The van der Waals surface area contributed by atoms with E-state index in [9.17, 15) is 0 Å². The van der Waals surface area contributed by atoms with Gasteiger partial charge in [0.2, 0.25) is 5.88 Å². The molecular weight excluding hydrogens is 214 g/mol. The maximum Gasteiger partial charge on any atom is 0.212 e. The lowest BCUT2D eigenvalue weighted by molar-refractivity contribution is 0.215. The van der Waals surface area contributed by atoms with Crippen LogP contribution in [0.15, 0.2) is 18.3 Å². The highest BCUT2D eigenvalue weighted by atomic mass is 16.5. The first kappa shape index (κ1) is 12.3. The summed E-state index contributed by atoms with van der Waals surface area (Å²) in [6.07, 6.45) is 4.52. The molecule has 1 aliphatic rings. The molecule has 0 radical (unpaired) electrons. The van der Waals surface area contributed by atoms with Gasteiger partial charge in [0, 0.05) is 31.4 Å². The van der Waals surface area contributed by atoms with E-state index in [1.807, 2.05) is 12.3 Å². The molecule has 0 amide bonds. The van der Waals surface area contributed by atoms with Crippen molar-refractivity contribution >= 4 is 0 Å². The summed E-state index contributed by atoms with van der Waals surface area (Å²) < 4.78 is 5.05. The monoisotopic (exact) mass is 235 g/mol. The van der Waals surface area contributed by atoms with Gasteiger partial charge in [-0.05, 0) is 31.4 Å². The summed E-state index contributed by atoms with van der Waals surface area (Å²) in [5.74, 6) is 1.46. The fraction of sp³-hybridized carbons (Fsp3) is 0.615. The van der Waals surface area contributed by atoms with Crippen molar-refractivity contribution in [1.82, 2.24) is 9.88 Å². The number of pyridine rings is 1. The number of hydrogen-bond donors (Lipinski definition) is 1. The van der Waals surface area contributed by atoms with E-state index in [-0.39, 0.29) is 0 Å². The van der Waals surface area contributed by atoms with Crippen molar-refractivity contribution in [2.24, 2.45) is 11.7 Å². The molecule has 17 heavy (non-hydrogen) atoms. The number of methoxy groups -OCH3 is 1. The first-order chi connectivity index (χ1) is 8.24. The van der Waals surface area contributed by atoms with Gasteiger partial charge in [-0.3, -0.25) is 4.90 Å². The summed E-state index contributed by atoms with van der Waals surface area (Å²) in [7, 11) is 3.77. The zero-order valence-corrected chi connectivity index (χ0v) is 10.6. The molecule has 0 bridgehead atoms. The van der Waals surface area contributed by atoms with Crippen molar-refractivity contribution in [2.75, 3.05) is 20.7 Å². The van der Waals surface area contributed by atoms with Crippen LogP contribution in [0.25, 0.3) is 0 Å². The fourth-order valence-electron chi connectivity index (χ4n) is 2.24. The van der Waals surface area contributed by atoms with E-state index in [0.29, 0.717) is 11.9 Å². The maximum absolute atomic E-state index is 5.84. The number of aromatic nitrogens is 1. The van der Waals surface area contributed by atoms with Crippen molar-refractivity contribution in [3.8, 4) is 5.88 Å². The first-order valence-electron chi connectivity index (χ1n) is 6.14. The number of nitrogens with two attached hydrogens (primary N) is 1. The predicted octanol–water partition coefficient (Wildman–Crippen LogP) is 1.26. The molecule has 4 nitrogen and oxygen atoms in total. The predicted molar refractivity (Wildman–Crippen MR) is 67.8 cm³/mol. The Morgan fingerprint density at radius 1 is 1.53 bits per heavy atom. The third-order valence-electron chi connectivity index (χ3n) is 3.41. The minimum Gasteiger partial charge on any atom is -0.481 e. The molecule has 0 saturated heterocycles. The van der Waals surface area contributed by atoms with E-state index in [1.54, 1.807) is 7.11 Å². The quantitative estimate of drug-likeness (QED) is 0.806. The van der Waals surface area contributed by atoms with Crippen LogP contribution in [-0.4, -0.2) is 36.6 Å². The Balaban J connectivity index is 1.93. The second kappa shape index (κ2) is 5.47. The Morgan fingerprint density at radius 2 is 2.29 bits per heavy atom. The number of ether oxygens (including phenoxy) is 1. The molecule has 0 spiro atoms. The van der Waals surface area contributed by atoms with Gasteiger partial charge in [-0.15, -0.1) is 0 Å². The Hall–Kier alpha value is -1.13. The summed E-state index contributed by atoms with van der Waals surface area (Å²) in [5, 5.41) is 0. The van der Waals surface area contributed by atoms with E-state index >= 15 is 0 Å². The summed E-state index contributed by atoms with van der Waals surface area (Å²) >= 11 is 0. The van der Waals surface area contributed by atoms with Crippen molar-refractivity contribution < 1.29 is 4.74 Å². The normalized spacial score (nSPS) is 17.2. The highest BCUT2D eigenvalue weighted by molar-refractivity contribution is 5.17. The largest absolute Gasteiger partial charge is 0.481 e. The van der Waals surface area contributed by atoms with Gasteiger partial charge < -0.3 is 10.5 Å². The van der Waals surface area contributed by atoms with Crippen LogP contribution in [0.2, 0.25) is 0 Å². The molecule has 1 fully saturated rings. The third kappa shape index (κ3) is 3.17. The van der Waals surface area contributed by atoms with E-state index < -0.39 is 0 Å². The van der Waals surface area contributed by atoms with E-state index in [2.05, 4.69) is 23.0 Å². The molecule has 1 aromatic rings. The van der Waals surface area contributed by atoms with Crippen LogP contribution in [0.3, 0.4) is 0 Å². The average Bonchev–Trinajstić information content (AvgIpc) is 3.15. The molecule has 2 N–H and O–H groups in total. The molecule has 94 valence electrons. The molecule has 0 aromatic carbocycles. The number of likely N-dealkylation sites (N-methyl/N-ethyl adjacent to an activating group) is 1. The Morgan fingerprint density at radius 3 is 2.76 bits per heavy atom. The maximum atomic E-state index is 5.84. The minimum atomic E-state index is 0.511. The van der Waals surface area contributed by atoms with E-state index in [0.717, 1.165) is 19.0 Å². The highest BCUT2D eigenvalue weighted by Gasteiger charge is 2.32. The molecule has 4 heteroatoms. The van der Waals surface area contributed by atoms with Gasteiger partial charge in [0.25, 0.3) is 0 Å². The molecule has 0 aliphatic heterocycles. The highest BCUT2D eigenvalue weighted by Crippen LogP contribution is 2.34. The molecule has 1 aromatic heterocycles. The third-order valence-corrected chi connectivity index (χ3v) is 3.41. The SMILES string of the molecule is COc1ccc(CN(C)C(CN)C2CC2)cn1. The Kier molecular flexibility index (Phi) is 3.97. The lowest BCUT2D eigenvalue weighted by Gasteiger charge is -2.26. The van der Waals surface area contributed by atoms with Gasteiger partial charge in [-0.2, -0.15) is 0 Å². The first-order valence-corrected chi connectivity index (χ1v) is 6.14. The van der Waals surface area contributed by atoms with Gasteiger partial charge >= 0.3 is 0 Å². The fourth-order valence-corrected chi connectivity index (χ4v) is 2.24. The van der Waals surface area contributed by atoms with E-state index in [4.69, 9.17) is 10.5 Å². The van der Waals surface area contributed by atoms with Gasteiger partial charge in [0.05, 0.1) is 7.11 Å². The molecule has 1 aliphatic carbocycles. The zero-order chi connectivity index (χ0) is 12.3. The number of nitrogens with zero attached hydrogens (tertiary/aromatic N) is 2. The summed E-state index contributed by atoms with van der Waals surface area (Å²) in [6, 6.07) is 4.47. The van der Waals surface area contributed by atoms with Gasteiger partial charge in [-0.1, -0.05) is 6.07 Å². The van der Waals surface area contributed by atoms with Crippen LogP contribution in [0, 0.1) is 5.92 Å².